The molecule has 0 aliphatic carbocycles. The number of nitrogens with zero attached hydrogens (tertiary/aromatic N) is 1. The van der Waals surface area contributed by atoms with E-state index < -0.39 is 0 Å². The summed E-state index contributed by atoms with van der Waals surface area (Å²) < 4.78 is 5.61. The standard InChI is InChI=1S/C10H21NOS/c1-2-10-9-11(6-7-12-10)5-3-4-8-13/h10,13H,2-9H2,1H3. The van der Waals surface area contributed by atoms with Gasteiger partial charge >= 0.3 is 0 Å². The van der Waals surface area contributed by atoms with E-state index in [1.807, 2.05) is 0 Å². The molecule has 1 unspecified atom stereocenters. The molecule has 1 aliphatic rings. The van der Waals surface area contributed by atoms with Gasteiger partial charge in [-0.2, -0.15) is 12.6 Å². The molecule has 1 fully saturated rings. The van der Waals surface area contributed by atoms with Gasteiger partial charge in [-0.3, -0.25) is 4.90 Å². The summed E-state index contributed by atoms with van der Waals surface area (Å²) in [5, 5.41) is 0. The van der Waals surface area contributed by atoms with Crippen LogP contribution in [0.1, 0.15) is 26.2 Å². The Hall–Kier alpha value is 0.270. The number of rotatable bonds is 5. The average molecular weight is 203 g/mol. The van der Waals surface area contributed by atoms with Crippen molar-refractivity contribution in [2.45, 2.75) is 32.3 Å². The molecular weight excluding hydrogens is 182 g/mol. The van der Waals surface area contributed by atoms with Crippen molar-refractivity contribution in [1.29, 1.82) is 0 Å². The van der Waals surface area contributed by atoms with Gasteiger partial charge in [0.1, 0.15) is 0 Å². The molecule has 13 heavy (non-hydrogen) atoms. The molecule has 1 aliphatic heterocycles. The van der Waals surface area contributed by atoms with E-state index in [2.05, 4.69) is 24.5 Å². The van der Waals surface area contributed by atoms with E-state index in [-0.39, 0.29) is 0 Å². The number of ether oxygens (including phenoxy) is 1. The zero-order valence-electron chi connectivity index (χ0n) is 8.54. The van der Waals surface area contributed by atoms with Crippen LogP contribution in [0.2, 0.25) is 0 Å². The fraction of sp³-hybridized carbons (Fsp3) is 1.00. The molecule has 0 aromatic rings. The highest BCUT2D eigenvalue weighted by atomic mass is 32.1. The van der Waals surface area contributed by atoms with E-state index in [1.54, 1.807) is 0 Å². The zero-order valence-corrected chi connectivity index (χ0v) is 9.43. The maximum atomic E-state index is 5.61. The molecule has 0 N–H and O–H groups in total. The summed E-state index contributed by atoms with van der Waals surface area (Å²) in [5.74, 6) is 1.02. The second kappa shape index (κ2) is 6.68. The minimum Gasteiger partial charge on any atom is -0.376 e. The summed E-state index contributed by atoms with van der Waals surface area (Å²) in [5.41, 5.74) is 0. The first-order chi connectivity index (χ1) is 6.36. The van der Waals surface area contributed by atoms with Crippen molar-refractivity contribution < 1.29 is 4.74 Å². The van der Waals surface area contributed by atoms with Crippen LogP contribution in [0, 0.1) is 0 Å². The predicted octanol–water partition coefficient (Wildman–Crippen LogP) is 1.81. The third-order valence-corrected chi connectivity index (χ3v) is 2.88. The maximum absolute atomic E-state index is 5.61. The van der Waals surface area contributed by atoms with Crippen molar-refractivity contribution in [3.05, 3.63) is 0 Å². The number of thiol groups is 1. The molecule has 0 radical (unpaired) electrons. The highest BCUT2D eigenvalue weighted by Crippen LogP contribution is 2.08. The smallest absolute Gasteiger partial charge is 0.0700 e. The van der Waals surface area contributed by atoms with Crippen LogP contribution in [0.3, 0.4) is 0 Å². The lowest BCUT2D eigenvalue weighted by atomic mass is 10.2. The van der Waals surface area contributed by atoms with Gasteiger partial charge in [-0.15, -0.1) is 0 Å². The zero-order chi connectivity index (χ0) is 9.52. The SMILES string of the molecule is CCC1CN(CCCCS)CCO1. The quantitative estimate of drug-likeness (QED) is 0.540. The summed E-state index contributed by atoms with van der Waals surface area (Å²) in [7, 11) is 0. The van der Waals surface area contributed by atoms with Crippen molar-refractivity contribution in [2.75, 3.05) is 32.0 Å². The Kier molecular flexibility index (Phi) is 5.83. The second-order valence-electron chi connectivity index (χ2n) is 3.63. The van der Waals surface area contributed by atoms with Crippen LogP contribution in [0.15, 0.2) is 0 Å². The fourth-order valence-electron chi connectivity index (χ4n) is 1.68. The molecule has 0 spiro atoms. The van der Waals surface area contributed by atoms with Crippen LogP contribution in [0.25, 0.3) is 0 Å². The highest BCUT2D eigenvalue weighted by molar-refractivity contribution is 7.80. The van der Waals surface area contributed by atoms with E-state index in [1.165, 1.54) is 19.4 Å². The largest absolute Gasteiger partial charge is 0.376 e. The average Bonchev–Trinajstić information content (AvgIpc) is 2.19. The molecule has 1 rings (SSSR count). The molecule has 1 heterocycles. The highest BCUT2D eigenvalue weighted by Gasteiger charge is 2.17. The van der Waals surface area contributed by atoms with Crippen LogP contribution < -0.4 is 0 Å². The molecule has 0 aromatic carbocycles. The molecule has 0 saturated carbocycles. The van der Waals surface area contributed by atoms with Crippen LogP contribution in [-0.2, 0) is 4.74 Å². The molecular formula is C10H21NOS. The number of hydrogen-bond acceptors (Lipinski definition) is 3. The van der Waals surface area contributed by atoms with Crippen molar-refractivity contribution in [3.8, 4) is 0 Å². The van der Waals surface area contributed by atoms with E-state index in [0.29, 0.717) is 6.10 Å². The Bertz CT molecular complexity index is 132. The lowest BCUT2D eigenvalue weighted by Gasteiger charge is -2.32. The Morgan fingerprint density at radius 2 is 2.31 bits per heavy atom. The van der Waals surface area contributed by atoms with Crippen LogP contribution in [-0.4, -0.2) is 43.0 Å². The lowest BCUT2D eigenvalue weighted by molar-refractivity contribution is -0.0298. The van der Waals surface area contributed by atoms with Gasteiger partial charge in [-0.1, -0.05) is 6.92 Å². The van der Waals surface area contributed by atoms with Gasteiger partial charge in [-0.25, -0.2) is 0 Å². The first kappa shape index (κ1) is 11.3. The Morgan fingerprint density at radius 1 is 1.46 bits per heavy atom. The summed E-state index contributed by atoms with van der Waals surface area (Å²) in [4.78, 5) is 2.51. The first-order valence-electron chi connectivity index (χ1n) is 5.31. The minimum absolute atomic E-state index is 0.477. The Balaban J connectivity index is 2.11. The monoisotopic (exact) mass is 203 g/mol. The van der Waals surface area contributed by atoms with Crippen molar-refractivity contribution in [1.82, 2.24) is 4.90 Å². The van der Waals surface area contributed by atoms with Crippen LogP contribution in [0.4, 0.5) is 0 Å². The second-order valence-corrected chi connectivity index (χ2v) is 4.08. The fourth-order valence-corrected chi connectivity index (χ4v) is 1.90. The van der Waals surface area contributed by atoms with Gasteiger partial charge in [0.25, 0.3) is 0 Å². The van der Waals surface area contributed by atoms with Gasteiger partial charge in [0, 0.05) is 13.1 Å². The summed E-state index contributed by atoms with van der Waals surface area (Å²) in [6.45, 7) is 6.58. The topological polar surface area (TPSA) is 12.5 Å². The lowest BCUT2D eigenvalue weighted by Crippen LogP contribution is -2.42. The summed E-state index contributed by atoms with van der Waals surface area (Å²) >= 11 is 4.21. The molecule has 1 atom stereocenters. The Morgan fingerprint density at radius 3 is 3.00 bits per heavy atom. The minimum atomic E-state index is 0.477. The van der Waals surface area contributed by atoms with Gasteiger partial charge < -0.3 is 4.74 Å². The molecule has 78 valence electrons. The number of morpholine rings is 1. The van der Waals surface area contributed by atoms with Gasteiger partial charge in [0.05, 0.1) is 12.7 Å². The molecule has 3 heteroatoms. The van der Waals surface area contributed by atoms with Gasteiger partial charge in [0.2, 0.25) is 0 Å². The number of hydrogen-bond donors (Lipinski definition) is 1. The van der Waals surface area contributed by atoms with Crippen LogP contribution in [0.5, 0.6) is 0 Å². The van der Waals surface area contributed by atoms with E-state index in [0.717, 1.165) is 31.9 Å². The van der Waals surface area contributed by atoms with Crippen molar-refractivity contribution >= 4 is 12.6 Å². The van der Waals surface area contributed by atoms with Crippen molar-refractivity contribution in [3.63, 3.8) is 0 Å². The third-order valence-electron chi connectivity index (χ3n) is 2.56. The van der Waals surface area contributed by atoms with Crippen molar-refractivity contribution in [2.24, 2.45) is 0 Å². The normalized spacial score (nSPS) is 24.9. The Labute approximate surface area is 87.0 Å². The molecule has 0 bridgehead atoms. The predicted molar refractivity (Wildman–Crippen MR) is 59.6 cm³/mol. The summed E-state index contributed by atoms with van der Waals surface area (Å²) in [6.07, 6.45) is 4.13. The third kappa shape index (κ3) is 4.34. The first-order valence-corrected chi connectivity index (χ1v) is 5.95. The maximum Gasteiger partial charge on any atom is 0.0700 e. The van der Waals surface area contributed by atoms with Gasteiger partial charge in [0.15, 0.2) is 0 Å². The molecule has 1 saturated heterocycles. The van der Waals surface area contributed by atoms with Gasteiger partial charge in [-0.05, 0) is 31.6 Å². The van der Waals surface area contributed by atoms with E-state index in [4.69, 9.17) is 4.74 Å². The van der Waals surface area contributed by atoms with E-state index in [9.17, 15) is 0 Å². The molecule has 2 nitrogen and oxygen atoms in total. The summed E-state index contributed by atoms with van der Waals surface area (Å²) in [6, 6.07) is 0. The number of unbranched alkanes of at least 4 members (excludes halogenated alkanes) is 1. The van der Waals surface area contributed by atoms with E-state index >= 15 is 0 Å². The molecule has 0 amide bonds. The molecule has 0 aromatic heterocycles. The van der Waals surface area contributed by atoms with Crippen LogP contribution >= 0.6 is 12.6 Å².